The average molecular weight is 298 g/mol. The first-order chi connectivity index (χ1) is 9.41. The summed E-state index contributed by atoms with van der Waals surface area (Å²) in [6.45, 7) is 2.07. The van der Waals surface area contributed by atoms with Gasteiger partial charge in [0, 0.05) is 20.1 Å². The molecule has 0 aromatic heterocycles. The second-order valence-corrected chi connectivity index (χ2v) is 6.67. The molecule has 0 radical (unpaired) electrons. The third kappa shape index (κ3) is 3.10. The van der Waals surface area contributed by atoms with E-state index < -0.39 is 10.0 Å². The maximum absolute atomic E-state index is 12.5. The molecule has 1 saturated heterocycles. The molecule has 0 unspecified atom stereocenters. The van der Waals surface area contributed by atoms with Crippen LogP contribution in [0.25, 0.3) is 0 Å². The molecule has 1 amide bonds. The van der Waals surface area contributed by atoms with E-state index in [1.807, 2.05) is 0 Å². The van der Waals surface area contributed by atoms with Gasteiger partial charge in [0.25, 0.3) is 5.91 Å². The lowest BCUT2D eigenvalue weighted by atomic mass is 10.1. The van der Waals surface area contributed by atoms with Gasteiger partial charge < -0.3 is 9.64 Å². The Balaban J connectivity index is 2.34. The highest BCUT2D eigenvalue weighted by Crippen LogP contribution is 2.23. The number of nitrogens with zero attached hydrogens (tertiary/aromatic N) is 2. The van der Waals surface area contributed by atoms with Gasteiger partial charge in [0.05, 0.1) is 30.7 Å². The van der Waals surface area contributed by atoms with Crippen LogP contribution in [0.4, 0.5) is 5.69 Å². The highest BCUT2D eigenvalue weighted by Gasteiger charge is 2.24. The van der Waals surface area contributed by atoms with Crippen LogP contribution in [0.5, 0.6) is 0 Å². The van der Waals surface area contributed by atoms with Crippen LogP contribution in [0.2, 0.25) is 0 Å². The van der Waals surface area contributed by atoms with Gasteiger partial charge in [-0.15, -0.1) is 0 Å². The Morgan fingerprint density at radius 1 is 1.25 bits per heavy atom. The molecule has 0 N–H and O–H groups in total. The Morgan fingerprint density at radius 3 is 2.45 bits per heavy atom. The number of hydrogen-bond acceptors (Lipinski definition) is 4. The molecule has 1 heterocycles. The van der Waals surface area contributed by atoms with Crippen LogP contribution >= 0.6 is 0 Å². The smallest absolute Gasteiger partial charge is 0.256 e. The van der Waals surface area contributed by atoms with E-state index in [1.165, 1.54) is 7.05 Å². The van der Waals surface area contributed by atoms with E-state index in [1.54, 1.807) is 29.2 Å². The van der Waals surface area contributed by atoms with Crippen LogP contribution in [-0.4, -0.2) is 58.8 Å². The fourth-order valence-electron chi connectivity index (χ4n) is 2.04. The van der Waals surface area contributed by atoms with Crippen molar-refractivity contribution < 1.29 is 17.9 Å². The van der Waals surface area contributed by atoms with Crippen LogP contribution in [-0.2, 0) is 14.8 Å². The first-order valence-electron chi connectivity index (χ1n) is 6.31. The first kappa shape index (κ1) is 14.8. The number of para-hydroxylation sites is 1. The van der Waals surface area contributed by atoms with E-state index in [9.17, 15) is 13.2 Å². The van der Waals surface area contributed by atoms with Crippen molar-refractivity contribution in [3.63, 3.8) is 0 Å². The summed E-state index contributed by atoms with van der Waals surface area (Å²) in [4.78, 5) is 14.2. The number of rotatable bonds is 3. The summed E-state index contributed by atoms with van der Waals surface area (Å²) in [5, 5.41) is 0. The van der Waals surface area contributed by atoms with Gasteiger partial charge in [0.2, 0.25) is 10.0 Å². The summed E-state index contributed by atoms with van der Waals surface area (Å²) in [5.41, 5.74) is 0.786. The van der Waals surface area contributed by atoms with E-state index in [2.05, 4.69) is 0 Å². The maximum Gasteiger partial charge on any atom is 0.256 e. The topological polar surface area (TPSA) is 66.9 Å². The Morgan fingerprint density at radius 2 is 1.85 bits per heavy atom. The Kier molecular flexibility index (Phi) is 4.29. The molecule has 20 heavy (non-hydrogen) atoms. The molecule has 0 bridgehead atoms. The molecule has 1 aromatic rings. The van der Waals surface area contributed by atoms with Crippen LogP contribution < -0.4 is 4.31 Å². The van der Waals surface area contributed by atoms with Crippen LogP contribution in [0.15, 0.2) is 24.3 Å². The molecule has 0 atom stereocenters. The Labute approximate surface area is 119 Å². The lowest BCUT2D eigenvalue weighted by molar-refractivity contribution is 0.0303. The highest BCUT2D eigenvalue weighted by molar-refractivity contribution is 7.92. The van der Waals surface area contributed by atoms with Crippen molar-refractivity contribution in [2.45, 2.75) is 0 Å². The minimum absolute atomic E-state index is 0.167. The average Bonchev–Trinajstić information content (AvgIpc) is 2.45. The van der Waals surface area contributed by atoms with Crippen molar-refractivity contribution in [2.24, 2.45) is 0 Å². The normalized spacial score (nSPS) is 16.0. The zero-order valence-electron chi connectivity index (χ0n) is 11.6. The second-order valence-electron chi connectivity index (χ2n) is 4.65. The minimum Gasteiger partial charge on any atom is -0.378 e. The molecule has 1 aromatic carbocycles. The van der Waals surface area contributed by atoms with Crippen LogP contribution in [0.1, 0.15) is 10.4 Å². The molecule has 7 heteroatoms. The molecule has 0 spiro atoms. The molecule has 1 fully saturated rings. The number of benzene rings is 1. The van der Waals surface area contributed by atoms with Crippen LogP contribution in [0, 0.1) is 0 Å². The molecule has 6 nitrogen and oxygen atoms in total. The van der Waals surface area contributed by atoms with Crippen molar-refractivity contribution in [1.29, 1.82) is 0 Å². The maximum atomic E-state index is 12.5. The van der Waals surface area contributed by atoms with Gasteiger partial charge in [0.1, 0.15) is 0 Å². The van der Waals surface area contributed by atoms with E-state index in [0.29, 0.717) is 37.6 Å². The summed E-state index contributed by atoms with van der Waals surface area (Å²) in [6.07, 6.45) is 1.11. The van der Waals surface area contributed by atoms with Gasteiger partial charge in [-0.2, -0.15) is 0 Å². The quantitative estimate of drug-likeness (QED) is 0.817. The third-order valence-corrected chi connectivity index (χ3v) is 4.46. The number of morpholine rings is 1. The predicted octanol–water partition coefficient (Wildman–Crippen LogP) is 0.555. The zero-order valence-corrected chi connectivity index (χ0v) is 12.4. The number of carbonyl (C=O) groups is 1. The summed E-state index contributed by atoms with van der Waals surface area (Å²) in [6, 6.07) is 6.73. The van der Waals surface area contributed by atoms with E-state index in [4.69, 9.17) is 4.74 Å². The standard InChI is InChI=1S/C13H18N2O4S/c1-14(20(2,17)18)12-6-4-3-5-11(12)13(16)15-7-9-19-10-8-15/h3-6H,7-10H2,1-2H3. The largest absolute Gasteiger partial charge is 0.378 e. The molecule has 1 aliphatic heterocycles. The van der Waals surface area contributed by atoms with Gasteiger partial charge in [0.15, 0.2) is 0 Å². The Bertz CT molecular complexity index is 594. The predicted molar refractivity (Wildman–Crippen MR) is 76.4 cm³/mol. The van der Waals surface area contributed by atoms with E-state index in [-0.39, 0.29) is 5.91 Å². The second kappa shape index (κ2) is 5.80. The number of hydrogen-bond donors (Lipinski definition) is 0. The number of ether oxygens (including phenoxy) is 1. The van der Waals surface area contributed by atoms with Crippen molar-refractivity contribution in [1.82, 2.24) is 4.90 Å². The summed E-state index contributed by atoms with van der Waals surface area (Å²) < 4.78 is 29.7. The van der Waals surface area contributed by atoms with E-state index in [0.717, 1.165) is 10.6 Å². The zero-order chi connectivity index (χ0) is 14.8. The fourth-order valence-corrected chi connectivity index (χ4v) is 2.56. The molecule has 0 saturated carbocycles. The van der Waals surface area contributed by atoms with Gasteiger partial charge >= 0.3 is 0 Å². The minimum atomic E-state index is -3.40. The molecule has 110 valence electrons. The van der Waals surface area contributed by atoms with Gasteiger partial charge in [-0.1, -0.05) is 12.1 Å². The third-order valence-electron chi connectivity index (χ3n) is 3.27. The molecule has 0 aliphatic carbocycles. The molecule has 1 aliphatic rings. The number of anilines is 1. The lowest BCUT2D eigenvalue weighted by Gasteiger charge is -2.28. The number of amides is 1. The number of sulfonamides is 1. The fraction of sp³-hybridized carbons (Fsp3) is 0.462. The van der Waals surface area contributed by atoms with Crippen molar-refractivity contribution in [3.8, 4) is 0 Å². The summed E-state index contributed by atoms with van der Waals surface area (Å²) in [7, 11) is -1.96. The molecular weight excluding hydrogens is 280 g/mol. The van der Waals surface area contributed by atoms with Gasteiger partial charge in [-0.05, 0) is 12.1 Å². The highest BCUT2D eigenvalue weighted by atomic mass is 32.2. The van der Waals surface area contributed by atoms with Crippen molar-refractivity contribution in [2.75, 3.05) is 43.9 Å². The van der Waals surface area contributed by atoms with Gasteiger partial charge in [-0.3, -0.25) is 9.10 Å². The molecular formula is C13H18N2O4S. The first-order valence-corrected chi connectivity index (χ1v) is 8.16. The van der Waals surface area contributed by atoms with E-state index >= 15 is 0 Å². The SMILES string of the molecule is CN(c1ccccc1C(=O)N1CCOCC1)S(C)(=O)=O. The summed E-state index contributed by atoms with van der Waals surface area (Å²) in [5.74, 6) is -0.167. The lowest BCUT2D eigenvalue weighted by Crippen LogP contribution is -2.41. The van der Waals surface area contributed by atoms with Gasteiger partial charge in [-0.25, -0.2) is 8.42 Å². The monoisotopic (exact) mass is 298 g/mol. The van der Waals surface area contributed by atoms with Crippen LogP contribution in [0.3, 0.4) is 0 Å². The summed E-state index contributed by atoms with van der Waals surface area (Å²) >= 11 is 0. The molecule has 2 rings (SSSR count). The van der Waals surface area contributed by atoms with Crippen molar-refractivity contribution >= 4 is 21.6 Å². The van der Waals surface area contributed by atoms with Crippen molar-refractivity contribution in [3.05, 3.63) is 29.8 Å². The number of carbonyl (C=O) groups excluding carboxylic acids is 1. The Hall–Kier alpha value is -1.60.